The van der Waals surface area contributed by atoms with Crippen LogP contribution >= 0.6 is 0 Å². The Balaban J connectivity index is 2.15. The number of nitro groups is 1. The van der Waals surface area contributed by atoms with Crippen LogP contribution in [0.3, 0.4) is 0 Å². The average molecular weight is 249 g/mol. The van der Waals surface area contributed by atoms with Crippen molar-refractivity contribution in [2.75, 3.05) is 5.32 Å². The van der Waals surface area contributed by atoms with Gasteiger partial charge in [0.2, 0.25) is 0 Å². The Kier molecular flexibility index (Phi) is 4.12. The number of hydrogen-bond donors (Lipinski definition) is 1. The molecule has 1 aromatic heterocycles. The molecule has 0 spiro atoms. The minimum atomic E-state index is -0.424. The summed E-state index contributed by atoms with van der Waals surface area (Å²) in [5.74, 6) is 0.538. The van der Waals surface area contributed by atoms with Gasteiger partial charge in [-0.1, -0.05) is 26.2 Å². The first kappa shape index (κ1) is 12.8. The lowest BCUT2D eigenvalue weighted by Crippen LogP contribution is -2.32. The van der Waals surface area contributed by atoms with Crippen molar-refractivity contribution in [2.45, 2.75) is 45.1 Å². The van der Waals surface area contributed by atoms with Crippen LogP contribution in [0.15, 0.2) is 18.3 Å². The highest BCUT2D eigenvalue weighted by Gasteiger charge is 2.26. The van der Waals surface area contributed by atoms with E-state index in [1.807, 2.05) is 0 Å². The first-order valence-corrected chi connectivity index (χ1v) is 6.58. The molecule has 1 aliphatic carbocycles. The fourth-order valence-corrected chi connectivity index (χ4v) is 2.74. The van der Waals surface area contributed by atoms with E-state index in [1.165, 1.54) is 25.5 Å². The second-order valence-electron chi connectivity index (χ2n) is 4.84. The summed E-state index contributed by atoms with van der Waals surface area (Å²) in [4.78, 5) is 14.3. The lowest BCUT2D eigenvalue weighted by molar-refractivity contribution is -0.388. The zero-order valence-corrected chi connectivity index (χ0v) is 10.6. The van der Waals surface area contributed by atoms with Gasteiger partial charge in [-0.05, 0) is 40.8 Å². The van der Waals surface area contributed by atoms with E-state index in [1.54, 1.807) is 12.1 Å². The Morgan fingerprint density at radius 3 is 3.00 bits per heavy atom. The highest BCUT2D eigenvalue weighted by atomic mass is 16.6. The van der Waals surface area contributed by atoms with Crippen LogP contribution in [-0.2, 0) is 0 Å². The van der Waals surface area contributed by atoms with Crippen LogP contribution in [0.25, 0.3) is 0 Å². The van der Waals surface area contributed by atoms with E-state index in [-0.39, 0.29) is 5.82 Å². The Morgan fingerprint density at radius 2 is 2.28 bits per heavy atom. The third kappa shape index (κ3) is 2.78. The average Bonchev–Trinajstić information content (AvgIpc) is 2.40. The van der Waals surface area contributed by atoms with Crippen molar-refractivity contribution in [3.63, 3.8) is 0 Å². The summed E-state index contributed by atoms with van der Waals surface area (Å²) in [5, 5.41) is 14.2. The van der Waals surface area contributed by atoms with Crippen molar-refractivity contribution >= 4 is 11.5 Å². The Hall–Kier alpha value is -1.65. The standard InChI is InChI=1S/C13H19N3O2/c1-2-10-6-3-4-7-11(10)15-12-8-5-9-14-13(12)16(17)18/h5,8-11,15H,2-4,6-7H2,1H3. The maximum Gasteiger partial charge on any atom is 0.386 e. The monoisotopic (exact) mass is 249 g/mol. The van der Waals surface area contributed by atoms with E-state index in [4.69, 9.17) is 0 Å². The minimum Gasteiger partial charge on any atom is -0.375 e. The molecule has 5 nitrogen and oxygen atoms in total. The number of hydrogen-bond acceptors (Lipinski definition) is 4. The second kappa shape index (κ2) is 5.80. The number of rotatable bonds is 4. The Morgan fingerprint density at radius 1 is 1.50 bits per heavy atom. The lowest BCUT2D eigenvalue weighted by Gasteiger charge is -2.31. The van der Waals surface area contributed by atoms with Crippen LogP contribution in [0.5, 0.6) is 0 Å². The molecule has 1 saturated carbocycles. The highest BCUT2D eigenvalue weighted by molar-refractivity contribution is 5.57. The largest absolute Gasteiger partial charge is 0.386 e. The molecule has 1 fully saturated rings. The summed E-state index contributed by atoms with van der Waals surface area (Å²) in [6, 6.07) is 3.82. The molecule has 0 aromatic carbocycles. The van der Waals surface area contributed by atoms with Crippen LogP contribution in [0, 0.1) is 16.0 Å². The first-order chi connectivity index (χ1) is 8.72. The molecular formula is C13H19N3O2. The number of nitrogens with one attached hydrogen (secondary N) is 1. The summed E-state index contributed by atoms with van der Waals surface area (Å²) >= 11 is 0. The van der Waals surface area contributed by atoms with E-state index in [0.717, 1.165) is 12.8 Å². The molecule has 2 atom stereocenters. The fourth-order valence-electron chi connectivity index (χ4n) is 2.74. The molecular weight excluding hydrogens is 230 g/mol. The number of pyridine rings is 1. The molecule has 0 amide bonds. The van der Waals surface area contributed by atoms with Crippen LogP contribution < -0.4 is 5.32 Å². The van der Waals surface area contributed by atoms with Gasteiger partial charge in [-0.2, -0.15) is 0 Å². The molecule has 18 heavy (non-hydrogen) atoms. The third-order valence-corrected chi connectivity index (χ3v) is 3.73. The van der Waals surface area contributed by atoms with Gasteiger partial charge in [0, 0.05) is 6.04 Å². The van der Waals surface area contributed by atoms with Crippen molar-refractivity contribution in [3.8, 4) is 0 Å². The van der Waals surface area contributed by atoms with Gasteiger partial charge in [-0.25, -0.2) is 0 Å². The van der Waals surface area contributed by atoms with Crippen LogP contribution in [0.4, 0.5) is 11.5 Å². The fraction of sp³-hybridized carbons (Fsp3) is 0.615. The second-order valence-corrected chi connectivity index (χ2v) is 4.84. The molecule has 1 aliphatic rings. The predicted molar refractivity (Wildman–Crippen MR) is 70.6 cm³/mol. The van der Waals surface area contributed by atoms with Crippen LogP contribution in [-0.4, -0.2) is 15.9 Å². The lowest BCUT2D eigenvalue weighted by atomic mass is 9.83. The van der Waals surface area contributed by atoms with Crippen molar-refractivity contribution in [2.24, 2.45) is 5.92 Å². The molecule has 0 saturated heterocycles. The van der Waals surface area contributed by atoms with Crippen LogP contribution in [0.1, 0.15) is 39.0 Å². The quantitative estimate of drug-likeness (QED) is 0.656. The van der Waals surface area contributed by atoms with Gasteiger partial charge in [-0.3, -0.25) is 0 Å². The maximum absolute atomic E-state index is 10.9. The molecule has 1 N–H and O–H groups in total. The van der Waals surface area contributed by atoms with Crippen molar-refractivity contribution in [3.05, 3.63) is 28.4 Å². The summed E-state index contributed by atoms with van der Waals surface area (Å²) in [6.07, 6.45) is 7.34. The van der Waals surface area contributed by atoms with Gasteiger partial charge in [0.15, 0.2) is 0 Å². The molecule has 1 aromatic rings. The van der Waals surface area contributed by atoms with E-state index < -0.39 is 4.92 Å². The molecule has 0 bridgehead atoms. The van der Waals surface area contributed by atoms with Crippen LogP contribution in [0.2, 0.25) is 0 Å². The molecule has 2 unspecified atom stereocenters. The van der Waals surface area contributed by atoms with Crippen molar-refractivity contribution in [1.82, 2.24) is 4.98 Å². The van der Waals surface area contributed by atoms with Gasteiger partial charge in [0.25, 0.3) is 0 Å². The van der Waals surface area contributed by atoms with Crippen molar-refractivity contribution < 1.29 is 4.92 Å². The first-order valence-electron chi connectivity index (χ1n) is 6.58. The number of nitrogens with zero attached hydrogens (tertiary/aromatic N) is 2. The minimum absolute atomic E-state index is 0.0714. The van der Waals surface area contributed by atoms with E-state index >= 15 is 0 Å². The number of anilines is 1. The van der Waals surface area contributed by atoms with E-state index in [0.29, 0.717) is 17.6 Å². The topological polar surface area (TPSA) is 68.1 Å². The van der Waals surface area contributed by atoms with Gasteiger partial charge in [-0.15, -0.1) is 0 Å². The predicted octanol–water partition coefficient (Wildman–Crippen LogP) is 3.37. The molecule has 5 heteroatoms. The summed E-state index contributed by atoms with van der Waals surface area (Å²) < 4.78 is 0. The molecule has 98 valence electrons. The molecule has 2 rings (SSSR count). The number of aromatic nitrogens is 1. The summed E-state index contributed by atoms with van der Waals surface area (Å²) in [5.41, 5.74) is 0.549. The zero-order valence-electron chi connectivity index (χ0n) is 10.6. The SMILES string of the molecule is CCC1CCCCC1Nc1cccnc1[N+](=O)[O-]. The molecule has 0 aliphatic heterocycles. The normalized spacial score (nSPS) is 23.6. The van der Waals surface area contributed by atoms with Gasteiger partial charge < -0.3 is 15.4 Å². The Labute approximate surface area is 107 Å². The summed E-state index contributed by atoms with van der Waals surface area (Å²) in [6.45, 7) is 2.18. The maximum atomic E-state index is 10.9. The zero-order chi connectivity index (χ0) is 13.0. The smallest absolute Gasteiger partial charge is 0.375 e. The third-order valence-electron chi connectivity index (χ3n) is 3.73. The molecule has 1 heterocycles. The Bertz CT molecular complexity index is 422. The van der Waals surface area contributed by atoms with Gasteiger partial charge >= 0.3 is 5.82 Å². The van der Waals surface area contributed by atoms with Gasteiger partial charge in [0.1, 0.15) is 11.9 Å². The van der Waals surface area contributed by atoms with Gasteiger partial charge in [0.05, 0.1) is 0 Å². The summed E-state index contributed by atoms with van der Waals surface area (Å²) in [7, 11) is 0. The molecule has 0 radical (unpaired) electrons. The van der Waals surface area contributed by atoms with E-state index in [9.17, 15) is 10.1 Å². The van der Waals surface area contributed by atoms with Crippen molar-refractivity contribution in [1.29, 1.82) is 0 Å². The highest BCUT2D eigenvalue weighted by Crippen LogP contribution is 2.31. The van der Waals surface area contributed by atoms with E-state index in [2.05, 4.69) is 17.2 Å².